The zero-order valence-electron chi connectivity index (χ0n) is 21.7. The first-order valence-corrected chi connectivity index (χ1v) is 14.7. The number of benzene rings is 3. The maximum Gasteiger partial charge on any atom is 0.244 e. The number of amides is 1. The van der Waals surface area contributed by atoms with Crippen LogP contribution in [0.4, 0.5) is 5.69 Å². The highest BCUT2D eigenvalue weighted by Gasteiger charge is 2.30. The lowest BCUT2D eigenvalue weighted by atomic mass is 10.1. The van der Waals surface area contributed by atoms with Crippen LogP contribution in [-0.2, 0) is 31.3 Å². The standard InChI is InChI=1S/C27H33N3O5S2/c1-19-15-21(3)27(22(4)16-19)37(34,35)30(14-13-23-9-7-6-8-10-23)18-26(31)29-25-17-24(12-11-20(25)2)36(32,33)28-5/h6-12,15-17,28H,13-14,18H2,1-5H3,(H,29,31). The molecule has 0 saturated heterocycles. The first-order valence-electron chi connectivity index (χ1n) is 11.8. The maximum atomic E-state index is 13.8. The van der Waals surface area contributed by atoms with Crippen molar-refractivity contribution in [3.63, 3.8) is 0 Å². The minimum absolute atomic E-state index is 0.00430. The van der Waals surface area contributed by atoms with Gasteiger partial charge in [0.05, 0.1) is 16.3 Å². The summed E-state index contributed by atoms with van der Waals surface area (Å²) in [6.07, 6.45) is 0.423. The van der Waals surface area contributed by atoms with Crippen molar-refractivity contribution in [1.82, 2.24) is 9.03 Å². The van der Waals surface area contributed by atoms with Crippen molar-refractivity contribution in [2.45, 2.75) is 43.9 Å². The Morgan fingerprint density at radius 2 is 1.46 bits per heavy atom. The highest BCUT2D eigenvalue weighted by atomic mass is 32.2. The van der Waals surface area contributed by atoms with Crippen LogP contribution in [0.2, 0.25) is 0 Å². The molecule has 0 radical (unpaired) electrons. The molecule has 0 saturated carbocycles. The minimum atomic E-state index is -4.02. The minimum Gasteiger partial charge on any atom is -0.325 e. The normalized spacial score (nSPS) is 12.1. The van der Waals surface area contributed by atoms with Gasteiger partial charge in [-0.3, -0.25) is 4.79 Å². The fourth-order valence-corrected chi connectivity index (χ4v) is 6.82. The topological polar surface area (TPSA) is 113 Å². The van der Waals surface area contributed by atoms with Gasteiger partial charge in [0.1, 0.15) is 0 Å². The predicted molar refractivity (Wildman–Crippen MR) is 146 cm³/mol. The molecule has 3 rings (SSSR count). The highest BCUT2D eigenvalue weighted by Crippen LogP contribution is 2.26. The van der Waals surface area contributed by atoms with E-state index in [9.17, 15) is 21.6 Å². The quantitative estimate of drug-likeness (QED) is 0.405. The Morgan fingerprint density at radius 1 is 0.838 bits per heavy atom. The first-order chi connectivity index (χ1) is 17.3. The van der Waals surface area contributed by atoms with Gasteiger partial charge >= 0.3 is 0 Å². The Kier molecular flexibility index (Phi) is 8.91. The molecule has 0 atom stereocenters. The number of aryl methyl sites for hydroxylation is 4. The lowest BCUT2D eigenvalue weighted by Crippen LogP contribution is -2.40. The zero-order chi connectivity index (χ0) is 27.4. The molecular weight excluding hydrogens is 510 g/mol. The van der Waals surface area contributed by atoms with Gasteiger partial charge in [0.25, 0.3) is 0 Å². The Labute approximate surface area is 219 Å². The van der Waals surface area contributed by atoms with Crippen LogP contribution in [0.15, 0.2) is 70.5 Å². The molecule has 198 valence electrons. The third kappa shape index (κ3) is 6.84. The lowest BCUT2D eigenvalue weighted by molar-refractivity contribution is -0.116. The van der Waals surface area contributed by atoms with Crippen molar-refractivity contribution in [2.24, 2.45) is 0 Å². The molecule has 0 aliphatic carbocycles. The second-order valence-electron chi connectivity index (χ2n) is 9.03. The highest BCUT2D eigenvalue weighted by molar-refractivity contribution is 7.89. The molecule has 0 heterocycles. The molecule has 0 fully saturated rings. The van der Waals surface area contributed by atoms with Crippen LogP contribution in [-0.4, -0.2) is 47.2 Å². The molecular formula is C27H33N3O5S2. The van der Waals surface area contributed by atoms with E-state index in [4.69, 9.17) is 0 Å². The first kappa shape index (κ1) is 28.5. The van der Waals surface area contributed by atoms with E-state index in [0.717, 1.165) is 11.1 Å². The molecule has 3 aromatic carbocycles. The molecule has 0 aliphatic rings. The average molecular weight is 544 g/mol. The van der Waals surface area contributed by atoms with E-state index in [1.54, 1.807) is 26.8 Å². The van der Waals surface area contributed by atoms with Gasteiger partial charge in [-0.25, -0.2) is 21.6 Å². The fraction of sp³-hybridized carbons (Fsp3) is 0.296. The number of hydrogen-bond donors (Lipinski definition) is 2. The largest absolute Gasteiger partial charge is 0.325 e. The summed E-state index contributed by atoms with van der Waals surface area (Å²) in [5, 5.41) is 2.70. The number of carbonyl (C=O) groups excluding carboxylic acids is 1. The summed E-state index contributed by atoms with van der Waals surface area (Å²) in [5.41, 5.74) is 4.07. The van der Waals surface area contributed by atoms with Crippen molar-refractivity contribution < 1.29 is 21.6 Å². The lowest BCUT2D eigenvalue weighted by Gasteiger charge is -2.24. The SMILES string of the molecule is CNS(=O)(=O)c1ccc(C)c(NC(=O)CN(CCc2ccccc2)S(=O)(=O)c2c(C)cc(C)cc2C)c1. The van der Waals surface area contributed by atoms with Gasteiger partial charge in [0.2, 0.25) is 26.0 Å². The van der Waals surface area contributed by atoms with Crippen molar-refractivity contribution in [3.05, 3.63) is 88.5 Å². The van der Waals surface area contributed by atoms with Gasteiger partial charge in [0.15, 0.2) is 0 Å². The van der Waals surface area contributed by atoms with Crippen LogP contribution < -0.4 is 10.0 Å². The van der Waals surface area contributed by atoms with E-state index in [2.05, 4.69) is 10.0 Å². The van der Waals surface area contributed by atoms with Crippen molar-refractivity contribution in [1.29, 1.82) is 0 Å². The van der Waals surface area contributed by atoms with Crippen LogP contribution in [0.3, 0.4) is 0 Å². The summed E-state index contributed by atoms with van der Waals surface area (Å²) in [7, 11) is -6.43. The van der Waals surface area contributed by atoms with Gasteiger partial charge in [-0.15, -0.1) is 0 Å². The van der Waals surface area contributed by atoms with Crippen LogP contribution in [0, 0.1) is 27.7 Å². The predicted octanol–water partition coefficient (Wildman–Crippen LogP) is 3.70. The summed E-state index contributed by atoms with van der Waals surface area (Å²) in [6, 6.07) is 17.5. The third-order valence-electron chi connectivity index (χ3n) is 6.08. The molecule has 37 heavy (non-hydrogen) atoms. The molecule has 8 nitrogen and oxygen atoms in total. The van der Waals surface area contributed by atoms with Crippen molar-refractivity contribution in [2.75, 3.05) is 25.5 Å². The molecule has 0 bridgehead atoms. The van der Waals surface area contributed by atoms with E-state index in [0.29, 0.717) is 28.8 Å². The summed E-state index contributed by atoms with van der Waals surface area (Å²) >= 11 is 0. The smallest absolute Gasteiger partial charge is 0.244 e. The van der Waals surface area contributed by atoms with Crippen LogP contribution >= 0.6 is 0 Å². The van der Waals surface area contributed by atoms with Gasteiger partial charge in [-0.2, -0.15) is 4.31 Å². The Morgan fingerprint density at radius 3 is 2.05 bits per heavy atom. The number of rotatable bonds is 10. The van der Waals surface area contributed by atoms with Crippen molar-refractivity contribution >= 4 is 31.6 Å². The summed E-state index contributed by atoms with van der Waals surface area (Å²) in [5.74, 6) is -0.568. The number of anilines is 1. The van der Waals surface area contributed by atoms with E-state index in [-0.39, 0.29) is 16.3 Å². The molecule has 10 heteroatoms. The maximum absolute atomic E-state index is 13.8. The van der Waals surface area contributed by atoms with Gasteiger partial charge in [-0.05, 0) is 75.5 Å². The van der Waals surface area contributed by atoms with E-state index in [1.807, 2.05) is 49.4 Å². The van der Waals surface area contributed by atoms with Crippen LogP contribution in [0.1, 0.15) is 27.8 Å². The second-order valence-corrected chi connectivity index (χ2v) is 12.8. The molecule has 0 aliphatic heterocycles. The average Bonchev–Trinajstić information content (AvgIpc) is 2.82. The Bertz CT molecular complexity index is 1480. The zero-order valence-corrected chi connectivity index (χ0v) is 23.3. The van der Waals surface area contributed by atoms with E-state index in [1.165, 1.54) is 23.5 Å². The fourth-order valence-electron chi connectivity index (χ4n) is 4.26. The number of carbonyl (C=O) groups is 1. The summed E-state index contributed by atoms with van der Waals surface area (Å²) in [6.45, 7) is 6.80. The van der Waals surface area contributed by atoms with Crippen LogP contribution in [0.25, 0.3) is 0 Å². The number of nitrogens with one attached hydrogen (secondary N) is 2. The number of hydrogen-bond acceptors (Lipinski definition) is 5. The van der Waals surface area contributed by atoms with Crippen LogP contribution in [0.5, 0.6) is 0 Å². The summed E-state index contributed by atoms with van der Waals surface area (Å²) in [4.78, 5) is 13.3. The second kappa shape index (κ2) is 11.6. The molecule has 2 N–H and O–H groups in total. The molecule has 1 amide bonds. The molecule has 3 aromatic rings. The van der Waals surface area contributed by atoms with Crippen molar-refractivity contribution in [3.8, 4) is 0 Å². The molecule has 0 spiro atoms. The monoisotopic (exact) mass is 543 g/mol. The molecule has 0 unspecified atom stereocenters. The van der Waals surface area contributed by atoms with Gasteiger partial charge in [0, 0.05) is 12.2 Å². The number of sulfonamides is 2. The van der Waals surface area contributed by atoms with E-state index < -0.39 is 32.5 Å². The van der Waals surface area contributed by atoms with Gasteiger partial charge < -0.3 is 5.32 Å². The number of nitrogens with zero attached hydrogens (tertiary/aromatic N) is 1. The Balaban J connectivity index is 1.94. The Hall–Kier alpha value is -3.05. The van der Waals surface area contributed by atoms with Gasteiger partial charge in [-0.1, -0.05) is 54.1 Å². The van der Waals surface area contributed by atoms with E-state index >= 15 is 0 Å². The third-order valence-corrected chi connectivity index (χ3v) is 9.64. The summed E-state index contributed by atoms with van der Waals surface area (Å²) < 4.78 is 55.5. The molecule has 0 aromatic heterocycles.